The van der Waals surface area contributed by atoms with Gasteiger partial charge in [0.15, 0.2) is 0 Å². The number of phenols is 1. The van der Waals surface area contributed by atoms with Crippen LogP contribution in [0.2, 0.25) is 0 Å². The Labute approximate surface area is 273 Å². The van der Waals surface area contributed by atoms with Crippen LogP contribution in [0.25, 0.3) is 10.8 Å². The van der Waals surface area contributed by atoms with E-state index in [1.54, 1.807) is 26.0 Å². The highest BCUT2D eigenvalue weighted by atomic mass is 16.4. The van der Waals surface area contributed by atoms with Gasteiger partial charge >= 0.3 is 5.97 Å². The zero-order chi connectivity index (χ0) is 34.2. The Morgan fingerprint density at radius 3 is 2.19 bits per heavy atom. The van der Waals surface area contributed by atoms with E-state index < -0.39 is 59.8 Å². The van der Waals surface area contributed by atoms with Crippen molar-refractivity contribution < 1.29 is 34.2 Å². The van der Waals surface area contributed by atoms with Crippen molar-refractivity contribution in [2.45, 2.75) is 76.7 Å². The summed E-state index contributed by atoms with van der Waals surface area (Å²) in [6.45, 7) is 5.39. The monoisotopic (exact) mass is 645 g/mol. The van der Waals surface area contributed by atoms with E-state index in [0.29, 0.717) is 24.9 Å². The van der Waals surface area contributed by atoms with Crippen molar-refractivity contribution in [1.29, 1.82) is 0 Å². The van der Waals surface area contributed by atoms with Crippen LogP contribution in [0.3, 0.4) is 0 Å². The highest BCUT2D eigenvalue weighted by Crippen LogP contribution is 2.23. The first-order valence-corrected chi connectivity index (χ1v) is 15.8. The molecular formula is C35H43N5O7. The topological polar surface area (TPSA) is 191 Å². The van der Waals surface area contributed by atoms with E-state index in [1.807, 2.05) is 42.5 Å². The fraction of sp³-hybridized carbons (Fsp3) is 0.400. The molecule has 4 amide bonds. The standard InChI is InChI=1S/C35H43N5O7/c1-20(2)30(39-31(42)21(3)36)34(45)40-17-7-12-29(40)33(44)37-27(19-24-10-6-9-23-8-4-5-11-26(23)24)32(43)38-28(35(46)47)18-22-13-15-25(41)16-14-22/h4-6,8-11,13-16,20-21,27-30,41H,7,12,17-19,36H2,1-3H3,(H,37,44)(H,38,43)(H,39,42)(H,46,47)/t21-,27-,28-,29-,30-/m0/s1. The third-order valence-corrected chi connectivity index (χ3v) is 8.41. The number of carboxylic acids is 1. The molecule has 12 nitrogen and oxygen atoms in total. The lowest BCUT2D eigenvalue weighted by Gasteiger charge is -2.31. The van der Waals surface area contributed by atoms with Crippen molar-refractivity contribution in [3.63, 3.8) is 0 Å². The molecule has 1 aliphatic rings. The predicted octanol–water partition coefficient (Wildman–Crippen LogP) is 1.86. The van der Waals surface area contributed by atoms with Crippen LogP contribution in [0.5, 0.6) is 5.75 Å². The Bertz CT molecular complexity index is 1600. The van der Waals surface area contributed by atoms with Crippen LogP contribution in [-0.4, -0.2) is 81.5 Å². The second-order valence-corrected chi connectivity index (χ2v) is 12.4. The Morgan fingerprint density at radius 2 is 1.53 bits per heavy atom. The number of likely N-dealkylation sites (tertiary alicyclic amines) is 1. The molecule has 0 unspecified atom stereocenters. The van der Waals surface area contributed by atoms with Crippen LogP contribution in [0.15, 0.2) is 66.7 Å². The van der Waals surface area contributed by atoms with Gasteiger partial charge in [0.2, 0.25) is 23.6 Å². The summed E-state index contributed by atoms with van der Waals surface area (Å²) in [5, 5.41) is 29.5. The number of benzene rings is 3. The molecule has 0 saturated carbocycles. The van der Waals surface area contributed by atoms with E-state index >= 15 is 0 Å². The summed E-state index contributed by atoms with van der Waals surface area (Å²) in [5.41, 5.74) is 7.07. The maximum Gasteiger partial charge on any atom is 0.326 e. The molecule has 0 aromatic heterocycles. The number of hydrogen-bond acceptors (Lipinski definition) is 7. The smallest absolute Gasteiger partial charge is 0.326 e. The molecule has 250 valence electrons. The predicted molar refractivity (Wildman–Crippen MR) is 176 cm³/mol. The molecule has 1 aliphatic heterocycles. The van der Waals surface area contributed by atoms with E-state index in [9.17, 15) is 34.2 Å². The van der Waals surface area contributed by atoms with Gasteiger partial charge in [-0.05, 0) is 59.7 Å². The SMILES string of the molecule is CC(C)[C@H](NC(=O)[C@H](C)N)C(=O)N1CCC[C@H]1C(=O)N[C@@H](Cc1cccc2ccccc12)C(=O)N[C@@H](Cc1ccc(O)cc1)C(=O)O. The van der Waals surface area contributed by atoms with Gasteiger partial charge in [-0.3, -0.25) is 19.2 Å². The minimum Gasteiger partial charge on any atom is -0.508 e. The molecule has 3 aromatic carbocycles. The Balaban J connectivity index is 1.59. The first-order chi connectivity index (χ1) is 22.3. The number of aromatic hydroxyl groups is 1. The summed E-state index contributed by atoms with van der Waals surface area (Å²) in [6, 6.07) is 14.1. The highest BCUT2D eigenvalue weighted by Gasteiger charge is 2.40. The minimum absolute atomic E-state index is 0.0259. The quantitative estimate of drug-likeness (QED) is 0.162. The third-order valence-electron chi connectivity index (χ3n) is 8.41. The number of carboxylic acid groups (broad SMARTS) is 1. The number of carbonyl (C=O) groups is 5. The van der Waals surface area contributed by atoms with Crippen molar-refractivity contribution in [3.8, 4) is 5.75 Å². The molecule has 1 heterocycles. The van der Waals surface area contributed by atoms with Crippen LogP contribution < -0.4 is 21.7 Å². The van der Waals surface area contributed by atoms with Gasteiger partial charge in [0.05, 0.1) is 6.04 Å². The summed E-state index contributed by atoms with van der Waals surface area (Å²) in [7, 11) is 0. The second-order valence-electron chi connectivity index (χ2n) is 12.4. The lowest BCUT2D eigenvalue weighted by atomic mass is 9.97. The van der Waals surface area contributed by atoms with E-state index in [2.05, 4.69) is 16.0 Å². The van der Waals surface area contributed by atoms with Crippen molar-refractivity contribution in [3.05, 3.63) is 77.9 Å². The first-order valence-electron chi connectivity index (χ1n) is 15.8. The van der Waals surface area contributed by atoms with Gasteiger partial charge in [0, 0.05) is 19.4 Å². The molecule has 0 aliphatic carbocycles. The molecule has 0 radical (unpaired) electrons. The molecule has 0 spiro atoms. The van der Waals surface area contributed by atoms with Crippen molar-refractivity contribution in [1.82, 2.24) is 20.9 Å². The maximum atomic E-state index is 13.9. The number of nitrogens with zero attached hydrogens (tertiary/aromatic N) is 1. The van der Waals surface area contributed by atoms with E-state index in [0.717, 1.165) is 16.3 Å². The fourth-order valence-electron chi connectivity index (χ4n) is 5.79. The van der Waals surface area contributed by atoms with Gasteiger partial charge < -0.3 is 36.8 Å². The minimum atomic E-state index is -1.32. The van der Waals surface area contributed by atoms with Gasteiger partial charge in [-0.1, -0.05) is 68.4 Å². The molecule has 47 heavy (non-hydrogen) atoms. The molecule has 1 saturated heterocycles. The Kier molecular flexibility index (Phi) is 11.5. The first kappa shape index (κ1) is 34.9. The molecular weight excluding hydrogens is 602 g/mol. The number of nitrogens with one attached hydrogen (secondary N) is 3. The Hall–Kier alpha value is -4.97. The summed E-state index contributed by atoms with van der Waals surface area (Å²) in [5.74, 6) is -3.66. The summed E-state index contributed by atoms with van der Waals surface area (Å²) in [6.07, 6.45) is 0.906. The van der Waals surface area contributed by atoms with Gasteiger partial charge in [0.25, 0.3) is 0 Å². The van der Waals surface area contributed by atoms with Crippen LogP contribution in [0.4, 0.5) is 0 Å². The molecule has 1 fully saturated rings. The molecule has 3 aromatic rings. The van der Waals surface area contributed by atoms with Gasteiger partial charge in [-0.25, -0.2) is 4.79 Å². The maximum absolute atomic E-state index is 13.9. The number of phenolic OH excluding ortho intramolecular Hbond substituents is 1. The van der Waals surface area contributed by atoms with E-state index in [1.165, 1.54) is 24.0 Å². The average Bonchev–Trinajstić information content (AvgIpc) is 3.54. The summed E-state index contributed by atoms with van der Waals surface area (Å²) < 4.78 is 0. The normalized spacial score (nSPS) is 17.0. The number of aliphatic carboxylic acids is 1. The average molecular weight is 646 g/mol. The largest absolute Gasteiger partial charge is 0.508 e. The zero-order valence-electron chi connectivity index (χ0n) is 26.8. The number of nitrogens with two attached hydrogens (primary N) is 1. The van der Waals surface area contributed by atoms with Crippen LogP contribution in [-0.2, 0) is 36.8 Å². The summed E-state index contributed by atoms with van der Waals surface area (Å²) in [4.78, 5) is 67.4. The number of amides is 4. The lowest BCUT2D eigenvalue weighted by Crippen LogP contribution is -2.59. The highest BCUT2D eigenvalue weighted by molar-refractivity contribution is 5.96. The van der Waals surface area contributed by atoms with Crippen molar-refractivity contribution in [2.75, 3.05) is 6.54 Å². The second kappa shape index (κ2) is 15.5. The molecule has 7 N–H and O–H groups in total. The molecule has 0 bridgehead atoms. The van der Waals surface area contributed by atoms with Crippen LogP contribution >= 0.6 is 0 Å². The van der Waals surface area contributed by atoms with Gasteiger partial charge in [-0.2, -0.15) is 0 Å². The third kappa shape index (κ3) is 8.85. The van der Waals surface area contributed by atoms with E-state index in [-0.39, 0.29) is 24.5 Å². The van der Waals surface area contributed by atoms with E-state index in [4.69, 9.17) is 5.73 Å². The van der Waals surface area contributed by atoms with Crippen LogP contribution in [0.1, 0.15) is 44.7 Å². The van der Waals surface area contributed by atoms with Gasteiger partial charge in [0.1, 0.15) is 29.9 Å². The Morgan fingerprint density at radius 1 is 0.851 bits per heavy atom. The number of rotatable bonds is 13. The molecule has 4 rings (SSSR count). The number of hydrogen-bond donors (Lipinski definition) is 6. The van der Waals surface area contributed by atoms with Crippen molar-refractivity contribution in [2.24, 2.45) is 11.7 Å². The van der Waals surface area contributed by atoms with Gasteiger partial charge in [-0.15, -0.1) is 0 Å². The molecule has 12 heteroatoms. The number of carbonyl (C=O) groups excluding carboxylic acids is 4. The van der Waals surface area contributed by atoms with Crippen molar-refractivity contribution >= 4 is 40.4 Å². The lowest BCUT2D eigenvalue weighted by molar-refractivity contribution is -0.144. The zero-order valence-corrected chi connectivity index (χ0v) is 26.8. The fourth-order valence-corrected chi connectivity index (χ4v) is 5.79. The summed E-state index contributed by atoms with van der Waals surface area (Å²) >= 11 is 0. The molecule has 5 atom stereocenters. The number of fused-ring (bicyclic) bond motifs is 1. The van der Waals surface area contributed by atoms with Crippen LogP contribution in [0, 0.1) is 5.92 Å².